The molecular weight excluding hydrogens is 250 g/mol. The Kier molecular flexibility index (Phi) is 8.52. The third-order valence-electron chi connectivity index (χ3n) is 3.45. The highest BCUT2D eigenvalue weighted by molar-refractivity contribution is 5.52. The van der Waals surface area contributed by atoms with E-state index in [1.807, 2.05) is 24.3 Å². The SMILES string of the molecule is CCCCCN(CCCCC)c1ccc(OC=O)cc1. The van der Waals surface area contributed by atoms with Crippen LogP contribution in [-0.2, 0) is 4.79 Å². The number of hydrogen-bond donors (Lipinski definition) is 0. The third-order valence-corrected chi connectivity index (χ3v) is 3.45. The summed E-state index contributed by atoms with van der Waals surface area (Å²) < 4.78 is 4.84. The topological polar surface area (TPSA) is 29.5 Å². The second kappa shape index (κ2) is 10.3. The third kappa shape index (κ3) is 6.09. The Labute approximate surface area is 122 Å². The highest BCUT2D eigenvalue weighted by atomic mass is 16.5. The van der Waals surface area contributed by atoms with Crippen LogP contribution in [-0.4, -0.2) is 19.6 Å². The molecule has 0 unspecified atom stereocenters. The van der Waals surface area contributed by atoms with Crippen LogP contribution in [0.2, 0.25) is 0 Å². The van der Waals surface area contributed by atoms with Gasteiger partial charge in [-0.3, -0.25) is 4.79 Å². The van der Waals surface area contributed by atoms with Gasteiger partial charge in [-0.15, -0.1) is 0 Å². The zero-order valence-electron chi connectivity index (χ0n) is 12.8. The maximum atomic E-state index is 10.3. The first-order chi connectivity index (χ1) is 9.81. The average molecular weight is 277 g/mol. The second-order valence-electron chi connectivity index (χ2n) is 5.11. The van der Waals surface area contributed by atoms with Crippen LogP contribution in [0.5, 0.6) is 5.75 Å². The van der Waals surface area contributed by atoms with Crippen molar-refractivity contribution in [1.82, 2.24) is 0 Å². The van der Waals surface area contributed by atoms with Crippen molar-refractivity contribution in [3.63, 3.8) is 0 Å². The van der Waals surface area contributed by atoms with Gasteiger partial charge in [0.25, 0.3) is 6.47 Å². The molecule has 0 N–H and O–H groups in total. The molecule has 112 valence electrons. The van der Waals surface area contributed by atoms with E-state index in [1.54, 1.807) is 0 Å². The zero-order valence-corrected chi connectivity index (χ0v) is 12.8. The van der Waals surface area contributed by atoms with E-state index in [9.17, 15) is 4.79 Å². The Bertz CT molecular complexity index is 352. The zero-order chi connectivity index (χ0) is 14.6. The summed E-state index contributed by atoms with van der Waals surface area (Å²) in [7, 11) is 0. The molecule has 0 aromatic heterocycles. The van der Waals surface area contributed by atoms with Gasteiger partial charge in [-0.2, -0.15) is 0 Å². The molecule has 1 aromatic carbocycles. The fraction of sp³-hybridized carbons (Fsp3) is 0.588. The van der Waals surface area contributed by atoms with Crippen molar-refractivity contribution in [3.05, 3.63) is 24.3 Å². The lowest BCUT2D eigenvalue weighted by atomic mass is 10.2. The molecular formula is C17H27NO2. The lowest BCUT2D eigenvalue weighted by molar-refractivity contribution is -0.120. The van der Waals surface area contributed by atoms with Crippen LogP contribution in [0.15, 0.2) is 24.3 Å². The van der Waals surface area contributed by atoms with Crippen LogP contribution in [0, 0.1) is 0 Å². The highest BCUT2D eigenvalue weighted by Gasteiger charge is 2.06. The van der Waals surface area contributed by atoms with E-state index in [2.05, 4.69) is 18.7 Å². The van der Waals surface area contributed by atoms with E-state index in [0.717, 1.165) is 13.1 Å². The molecule has 0 amide bonds. The number of rotatable bonds is 11. The van der Waals surface area contributed by atoms with Crippen molar-refractivity contribution in [3.8, 4) is 5.75 Å². The predicted molar refractivity (Wildman–Crippen MR) is 84.4 cm³/mol. The molecule has 0 fully saturated rings. The quantitative estimate of drug-likeness (QED) is 0.443. The summed E-state index contributed by atoms with van der Waals surface area (Å²) >= 11 is 0. The summed E-state index contributed by atoms with van der Waals surface area (Å²) in [6.07, 6.45) is 7.50. The summed E-state index contributed by atoms with van der Waals surface area (Å²) in [5.41, 5.74) is 1.22. The van der Waals surface area contributed by atoms with Crippen molar-refractivity contribution in [2.24, 2.45) is 0 Å². The molecule has 0 aliphatic carbocycles. The number of unbranched alkanes of at least 4 members (excludes halogenated alkanes) is 4. The number of carbonyl (C=O) groups is 1. The largest absolute Gasteiger partial charge is 0.429 e. The lowest BCUT2D eigenvalue weighted by Gasteiger charge is -2.25. The maximum Gasteiger partial charge on any atom is 0.298 e. The van der Waals surface area contributed by atoms with Crippen LogP contribution in [0.1, 0.15) is 52.4 Å². The number of benzene rings is 1. The molecule has 0 bridgehead atoms. The van der Waals surface area contributed by atoms with E-state index < -0.39 is 0 Å². The molecule has 3 heteroatoms. The minimum atomic E-state index is 0.468. The summed E-state index contributed by atoms with van der Waals surface area (Å²) in [4.78, 5) is 12.7. The van der Waals surface area contributed by atoms with Gasteiger partial charge in [-0.05, 0) is 37.1 Å². The number of hydrogen-bond acceptors (Lipinski definition) is 3. The first-order valence-electron chi connectivity index (χ1n) is 7.77. The minimum Gasteiger partial charge on any atom is -0.429 e. The van der Waals surface area contributed by atoms with E-state index in [0.29, 0.717) is 12.2 Å². The molecule has 3 nitrogen and oxygen atoms in total. The normalized spacial score (nSPS) is 10.3. The van der Waals surface area contributed by atoms with Gasteiger partial charge in [0.2, 0.25) is 0 Å². The van der Waals surface area contributed by atoms with E-state index in [4.69, 9.17) is 4.74 Å². The molecule has 1 rings (SSSR count). The summed E-state index contributed by atoms with van der Waals surface area (Å²) in [5, 5.41) is 0. The fourth-order valence-electron chi connectivity index (χ4n) is 2.27. The van der Waals surface area contributed by atoms with Gasteiger partial charge in [-0.1, -0.05) is 39.5 Å². The van der Waals surface area contributed by atoms with Crippen LogP contribution in [0.25, 0.3) is 0 Å². The van der Waals surface area contributed by atoms with Gasteiger partial charge in [0.05, 0.1) is 0 Å². The number of carbonyl (C=O) groups excluding carboxylic acids is 1. The monoisotopic (exact) mass is 277 g/mol. The highest BCUT2D eigenvalue weighted by Crippen LogP contribution is 2.20. The van der Waals surface area contributed by atoms with Gasteiger partial charge in [0.1, 0.15) is 5.75 Å². The van der Waals surface area contributed by atoms with Crippen LogP contribution in [0.4, 0.5) is 5.69 Å². The second-order valence-corrected chi connectivity index (χ2v) is 5.11. The Hall–Kier alpha value is -1.51. The molecule has 0 heterocycles. The average Bonchev–Trinajstić information content (AvgIpc) is 2.47. The number of anilines is 1. The predicted octanol–water partition coefficient (Wildman–Crippen LogP) is 4.41. The van der Waals surface area contributed by atoms with E-state index in [1.165, 1.54) is 44.2 Å². The summed E-state index contributed by atoms with van der Waals surface area (Å²) in [5.74, 6) is 0.603. The van der Waals surface area contributed by atoms with E-state index >= 15 is 0 Å². The van der Waals surface area contributed by atoms with Crippen molar-refractivity contribution >= 4 is 12.2 Å². The number of ether oxygens (including phenoxy) is 1. The van der Waals surface area contributed by atoms with Gasteiger partial charge in [0, 0.05) is 18.8 Å². The molecule has 20 heavy (non-hydrogen) atoms. The maximum absolute atomic E-state index is 10.3. The minimum absolute atomic E-state index is 0.468. The molecule has 0 spiro atoms. The lowest BCUT2D eigenvalue weighted by Crippen LogP contribution is -2.25. The molecule has 0 aliphatic rings. The van der Waals surface area contributed by atoms with Gasteiger partial charge in [0.15, 0.2) is 0 Å². The Balaban J connectivity index is 2.61. The molecule has 0 saturated carbocycles. The van der Waals surface area contributed by atoms with Crippen molar-refractivity contribution in [2.75, 3.05) is 18.0 Å². The smallest absolute Gasteiger partial charge is 0.298 e. The molecule has 0 aliphatic heterocycles. The van der Waals surface area contributed by atoms with Crippen molar-refractivity contribution in [2.45, 2.75) is 52.4 Å². The first kappa shape index (κ1) is 16.5. The molecule has 1 aromatic rings. The van der Waals surface area contributed by atoms with Crippen LogP contribution in [0.3, 0.4) is 0 Å². The Morgan fingerprint density at radius 3 is 1.95 bits per heavy atom. The molecule has 0 atom stereocenters. The van der Waals surface area contributed by atoms with E-state index in [-0.39, 0.29) is 0 Å². The Morgan fingerprint density at radius 1 is 0.950 bits per heavy atom. The number of nitrogens with zero attached hydrogens (tertiary/aromatic N) is 1. The van der Waals surface area contributed by atoms with Crippen LogP contribution < -0.4 is 9.64 Å². The van der Waals surface area contributed by atoms with Gasteiger partial charge < -0.3 is 9.64 Å². The molecule has 0 radical (unpaired) electrons. The van der Waals surface area contributed by atoms with Gasteiger partial charge >= 0.3 is 0 Å². The van der Waals surface area contributed by atoms with Crippen molar-refractivity contribution < 1.29 is 9.53 Å². The Morgan fingerprint density at radius 2 is 1.50 bits per heavy atom. The summed E-state index contributed by atoms with van der Waals surface area (Å²) in [6.45, 7) is 7.13. The van der Waals surface area contributed by atoms with Crippen molar-refractivity contribution in [1.29, 1.82) is 0 Å². The first-order valence-corrected chi connectivity index (χ1v) is 7.77. The standard InChI is InChI=1S/C17H27NO2/c1-3-5-7-13-18(14-8-6-4-2)16-9-11-17(12-10-16)20-15-19/h9-12,15H,3-8,13-14H2,1-2H3. The van der Waals surface area contributed by atoms with Crippen LogP contribution >= 0.6 is 0 Å². The fourth-order valence-corrected chi connectivity index (χ4v) is 2.27. The summed E-state index contributed by atoms with van der Waals surface area (Å²) in [6, 6.07) is 7.79. The molecule has 0 saturated heterocycles. The van der Waals surface area contributed by atoms with Gasteiger partial charge in [-0.25, -0.2) is 0 Å².